The van der Waals surface area contributed by atoms with Gasteiger partial charge in [0.25, 0.3) is 0 Å². The minimum atomic E-state index is -1.36. The van der Waals surface area contributed by atoms with E-state index in [2.05, 4.69) is 16.2 Å². The van der Waals surface area contributed by atoms with Crippen LogP contribution in [0.1, 0.15) is 34.5 Å². The van der Waals surface area contributed by atoms with Crippen LogP contribution in [0.5, 0.6) is 5.75 Å². The average molecular weight is 414 g/mol. The second-order valence-electron chi connectivity index (χ2n) is 7.86. The average Bonchev–Trinajstić information content (AvgIpc) is 3.52. The highest BCUT2D eigenvalue weighted by Crippen LogP contribution is 2.35. The molecule has 0 atom stereocenters. The Bertz CT molecular complexity index is 1360. The van der Waals surface area contributed by atoms with Crippen molar-refractivity contribution >= 4 is 28.3 Å². The number of rotatable bonds is 6. The maximum atomic E-state index is 12.4. The van der Waals surface area contributed by atoms with E-state index < -0.39 is 17.1 Å². The van der Waals surface area contributed by atoms with Crippen LogP contribution in [0.4, 0.5) is 5.69 Å². The number of nitriles is 1. The quantitative estimate of drug-likeness (QED) is 0.662. The maximum absolute atomic E-state index is 12.4. The lowest BCUT2D eigenvalue weighted by molar-refractivity contribution is 0.0686. The number of carboxylic acids is 1. The molecule has 8 nitrogen and oxygen atoms in total. The number of nitrogens with zero attached hydrogens (tertiary/aromatic N) is 4. The molecule has 0 amide bonds. The Balaban J connectivity index is 1.47. The number of aromatic carboxylic acids is 1. The lowest BCUT2D eigenvalue weighted by Gasteiger charge is -2.11. The van der Waals surface area contributed by atoms with Gasteiger partial charge in [0.2, 0.25) is 11.1 Å². The molecular formula is C23H18N4O4. The molecule has 154 valence electrons. The van der Waals surface area contributed by atoms with Gasteiger partial charge >= 0.3 is 5.97 Å². The third-order valence-corrected chi connectivity index (χ3v) is 5.54. The van der Waals surface area contributed by atoms with Crippen LogP contribution >= 0.6 is 0 Å². The van der Waals surface area contributed by atoms with Crippen LogP contribution in [0.3, 0.4) is 0 Å². The summed E-state index contributed by atoms with van der Waals surface area (Å²) in [5.74, 6) is -0.211. The van der Waals surface area contributed by atoms with Gasteiger partial charge in [0.15, 0.2) is 0 Å². The Hall–Kier alpha value is -3.99. The molecule has 0 bridgehead atoms. The standard InChI is InChI=1S/C23H18N4O4/c24-10-15-8-18-14(9-20(15)31-12-13-5-6-13)7-16(25-18)11-27-19-4-2-1-3-17(19)22(28)21(26-27)23(29)30/h1-4,8-9,13H,5-7,11-12H2,(H,29,30). The number of fused-ring (bicyclic) bond motifs is 2. The molecule has 3 aromatic rings. The molecule has 0 saturated heterocycles. The van der Waals surface area contributed by atoms with E-state index in [0.717, 1.165) is 11.3 Å². The van der Waals surface area contributed by atoms with E-state index in [-0.39, 0.29) is 6.54 Å². The normalized spacial score (nSPS) is 14.7. The monoisotopic (exact) mass is 414 g/mol. The first-order valence-electron chi connectivity index (χ1n) is 10.0. The molecule has 1 N–H and O–H groups in total. The minimum absolute atomic E-state index is 0.232. The lowest BCUT2D eigenvalue weighted by atomic mass is 10.1. The Morgan fingerprint density at radius 3 is 2.84 bits per heavy atom. The maximum Gasteiger partial charge on any atom is 0.360 e. The summed E-state index contributed by atoms with van der Waals surface area (Å²) in [7, 11) is 0. The summed E-state index contributed by atoms with van der Waals surface area (Å²) in [6, 6.07) is 12.6. The van der Waals surface area contributed by atoms with Gasteiger partial charge in [-0.3, -0.25) is 14.5 Å². The SMILES string of the molecule is N#Cc1cc2c(cc1OCC1CC1)CC(Cn1nc(C(=O)O)c(=O)c3ccccc31)=N2. The largest absolute Gasteiger partial charge is 0.492 e. The molecular weight excluding hydrogens is 396 g/mol. The first kappa shape index (κ1) is 19.0. The predicted molar refractivity (Wildman–Crippen MR) is 113 cm³/mol. The molecule has 1 aliphatic carbocycles. The zero-order valence-electron chi connectivity index (χ0n) is 16.5. The van der Waals surface area contributed by atoms with Gasteiger partial charge < -0.3 is 9.84 Å². The Morgan fingerprint density at radius 1 is 1.29 bits per heavy atom. The van der Waals surface area contributed by atoms with Gasteiger partial charge in [0.05, 0.1) is 29.9 Å². The van der Waals surface area contributed by atoms with Crippen molar-refractivity contribution in [3.05, 3.63) is 63.4 Å². The molecule has 8 heteroatoms. The Morgan fingerprint density at radius 2 is 2.10 bits per heavy atom. The van der Waals surface area contributed by atoms with Gasteiger partial charge in [-0.1, -0.05) is 12.1 Å². The Labute approximate surface area is 177 Å². The first-order valence-corrected chi connectivity index (χ1v) is 10.0. The number of aromatic nitrogens is 2. The van der Waals surface area contributed by atoms with Gasteiger partial charge in [-0.15, -0.1) is 0 Å². The van der Waals surface area contributed by atoms with E-state index in [4.69, 9.17) is 4.74 Å². The summed E-state index contributed by atoms with van der Waals surface area (Å²) in [6.45, 7) is 0.850. The highest BCUT2D eigenvalue weighted by molar-refractivity contribution is 5.96. The summed E-state index contributed by atoms with van der Waals surface area (Å²) in [4.78, 5) is 28.6. The summed E-state index contributed by atoms with van der Waals surface area (Å²) in [5.41, 5.74) is 2.28. The number of benzene rings is 2. The van der Waals surface area contributed by atoms with Crippen LogP contribution in [0.15, 0.2) is 46.2 Å². The fraction of sp³-hybridized carbons (Fsp3) is 0.261. The van der Waals surface area contributed by atoms with E-state index >= 15 is 0 Å². The number of hydrogen-bond donors (Lipinski definition) is 1. The van der Waals surface area contributed by atoms with Crippen molar-refractivity contribution in [2.24, 2.45) is 10.9 Å². The van der Waals surface area contributed by atoms with E-state index in [1.807, 2.05) is 6.07 Å². The molecule has 1 aromatic heterocycles. The number of para-hydroxylation sites is 1. The third-order valence-electron chi connectivity index (χ3n) is 5.54. The molecule has 0 unspecified atom stereocenters. The minimum Gasteiger partial charge on any atom is -0.492 e. The van der Waals surface area contributed by atoms with Crippen LogP contribution in [0, 0.1) is 17.2 Å². The highest BCUT2D eigenvalue weighted by Gasteiger charge is 2.24. The molecule has 1 saturated carbocycles. The van der Waals surface area contributed by atoms with Crippen molar-refractivity contribution in [2.75, 3.05) is 6.61 Å². The molecule has 31 heavy (non-hydrogen) atoms. The molecule has 0 spiro atoms. The number of carboxylic acid groups (broad SMARTS) is 1. The summed E-state index contributed by atoms with van der Waals surface area (Å²) in [6.07, 6.45) is 2.86. The van der Waals surface area contributed by atoms with E-state index in [1.54, 1.807) is 30.3 Å². The van der Waals surface area contributed by atoms with Gasteiger partial charge in [0, 0.05) is 17.5 Å². The predicted octanol–water partition coefficient (Wildman–Crippen LogP) is 3.08. The fourth-order valence-corrected chi connectivity index (χ4v) is 3.75. The van der Waals surface area contributed by atoms with E-state index in [9.17, 15) is 20.0 Å². The van der Waals surface area contributed by atoms with Crippen LogP contribution in [0.25, 0.3) is 10.9 Å². The van der Waals surface area contributed by atoms with Crippen molar-refractivity contribution in [3.8, 4) is 11.8 Å². The second kappa shape index (κ2) is 7.36. The van der Waals surface area contributed by atoms with Gasteiger partial charge in [-0.25, -0.2) is 4.79 Å². The van der Waals surface area contributed by atoms with Crippen LogP contribution in [-0.2, 0) is 13.0 Å². The van der Waals surface area contributed by atoms with Crippen LogP contribution < -0.4 is 10.2 Å². The number of carbonyl (C=O) groups is 1. The zero-order valence-corrected chi connectivity index (χ0v) is 16.5. The second-order valence-corrected chi connectivity index (χ2v) is 7.86. The zero-order chi connectivity index (χ0) is 21.5. The highest BCUT2D eigenvalue weighted by atomic mass is 16.5. The Kier molecular flexibility index (Phi) is 4.51. The molecule has 0 radical (unpaired) electrons. The first-order chi connectivity index (χ1) is 15.0. The third kappa shape index (κ3) is 3.55. The van der Waals surface area contributed by atoms with Gasteiger partial charge in [-0.05, 0) is 48.6 Å². The fourth-order valence-electron chi connectivity index (χ4n) is 3.75. The van der Waals surface area contributed by atoms with Crippen molar-refractivity contribution in [1.82, 2.24) is 9.78 Å². The molecule has 1 aliphatic heterocycles. The van der Waals surface area contributed by atoms with E-state index in [1.165, 1.54) is 17.5 Å². The summed E-state index contributed by atoms with van der Waals surface area (Å²) in [5, 5.41) is 23.2. The summed E-state index contributed by atoms with van der Waals surface area (Å²) < 4.78 is 7.35. The molecule has 5 rings (SSSR count). The van der Waals surface area contributed by atoms with Crippen molar-refractivity contribution in [1.29, 1.82) is 5.26 Å². The van der Waals surface area contributed by atoms with Gasteiger partial charge in [-0.2, -0.15) is 10.4 Å². The molecule has 1 fully saturated rings. The molecule has 2 heterocycles. The topological polar surface area (TPSA) is 118 Å². The van der Waals surface area contributed by atoms with Crippen LogP contribution in [0.2, 0.25) is 0 Å². The van der Waals surface area contributed by atoms with Crippen molar-refractivity contribution < 1.29 is 14.6 Å². The van der Waals surface area contributed by atoms with Crippen LogP contribution in [-0.4, -0.2) is 33.2 Å². The van der Waals surface area contributed by atoms with E-state index in [0.29, 0.717) is 46.8 Å². The number of aliphatic imine (C=N–C) groups is 1. The lowest BCUT2D eigenvalue weighted by Crippen LogP contribution is -2.25. The number of hydrogen-bond acceptors (Lipinski definition) is 6. The van der Waals surface area contributed by atoms with Gasteiger partial charge in [0.1, 0.15) is 11.8 Å². The molecule has 2 aliphatic rings. The smallest absolute Gasteiger partial charge is 0.360 e. The van der Waals surface area contributed by atoms with Crippen molar-refractivity contribution in [2.45, 2.75) is 25.8 Å². The van der Waals surface area contributed by atoms with Crippen molar-refractivity contribution in [3.63, 3.8) is 0 Å². The molecule has 2 aromatic carbocycles. The number of ether oxygens (including phenoxy) is 1. The summed E-state index contributed by atoms with van der Waals surface area (Å²) >= 11 is 0.